The monoisotopic (exact) mass is 371 g/mol. The van der Waals surface area contributed by atoms with Crippen molar-refractivity contribution in [2.45, 2.75) is 27.7 Å². The van der Waals surface area contributed by atoms with Crippen LogP contribution < -0.4 is 0 Å². The minimum absolute atomic E-state index is 0.241. The van der Waals surface area contributed by atoms with Crippen LogP contribution in [-0.2, 0) is 0 Å². The van der Waals surface area contributed by atoms with Crippen LogP contribution in [0.3, 0.4) is 0 Å². The summed E-state index contributed by atoms with van der Waals surface area (Å²) in [5, 5.41) is 18.9. The predicted octanol–water partition coefficient (Wildman–Crippen LogP) is 5.87. The molecule has 0 amide bonds. The van der Waals surface area contributed by atoms with Crippen LogP contribution in [0.1, 0.15) is 43.9 Å². The quantitative estimate of drug-likeness (QED) is 0.605. The number of furan rings is 1. The number of nitrogens with one attached hydrogen (secondary N) is 1. The molecule has 0 spiro atoms. The Hall–Kier alpha value is -3.40. The highest BCUT2D eigenvalue weighted by Gasteiger charge is 2.23. The van der Waals surface area contributed by atoms with E-state index in [1.54, 1.807) is 24.3 Å². The molecular formula is C24H21NO3. The van der Waals surface area contributed by atoms with Crippen molar-refractivity contribution >= 4 is 33.8 Å². The summed E-state index contributed by atoms with van der Waals surface area (Å²) in [4.78, 5) is 11.1. The number of carbonyl (C=O) groups is 1. The molecule has 2 N–H and O–H groups in total. The van der Waals surface area contributed by atoms with Crippen molar-refractivity contribution in [2.75, 3.05) is 0 Å². The Morgan fingerprint density at radius 2 is 1.61 bits per heavy atom. The van der Waals surface area contributed by atoms with Crippen LogP contribution >= 0.6 is 0 Å². The number of aryl methyl sites for hydroxylation is 4. The second-order valence-corrected chi connectivity index (χ2v) is 7.27. The number of fused-ring (bicyclic) bond motifs is 1. The molecule has 0 atom stereocenters. The maximum atomic E-state index is 11.1. The van der Waals surface area contributed by atoms with E-state index in [2.05, 4.69) is 19.9 Å². The summed E-state index contributed by atoms with van der Waals surface area (Å²) < 4.78 is 5.94. The first-order valence-corrected chi connectivity index (χ1v) is 9.15. The molecule has 0 fully saturated rings. The van der Waals surface area contributed by atoms with E-state index in [1.807, 2.05) is 26.0 Å². The van der Waals surface area contributed by atoms with Crippen LogP contribution in [0.25, 0.3) is 22.1 Å². The third-order valence-corrected chi connectivity index (χ3v) is 5.57. The largest absolute Gasteiger partial charge is 0.478 e. The average molecular weight is 371 g/mol. The van der Waals surface area contributed by atoms with Crippen LogP contribution in [-0.4, -0.2) is 16.8 Å². The first-order chi connectivity index (χ1) is 13.3. The Balaban J connectivity index is 1.75. The zero-order valence-electron chi connectivity index (χ0n) is 16.3. The fourth-order valence-corrected chi connectivity index (χ4v) is 3.90. The molecule has 4 nitrogen and oxygen atoms in total. The maximum absolute atomic E-state index is 11.1. The number of rotatable bonds is 3. The molecule has 1 aromatic heterocycles. The summed E-state index contributed by atoms with van der Waals surface area (Å²) in [6, 6.07) is 8.74. The highest BCUT2D eigenvalue weighted by atomic mass is 16.4. The number of benzene rings is 2. The van der Waals surface area contributed by atoms with Gasteiger partial charge in [0.1, 0.15) is 11.3 Å². The summed E-state index contributed by atoms with van der Waals surface area (Å²) >= 11 is 0. The highest BCUT2D eigenvalue weighted by molar-refractivity contribution is 6.46. The summed E-state index contributed by atoms with van der Waals surface area (Å²) in [6.45, 7) is 8.16. The number of carboxylic acids is 1. The van der Waals surface area contributed by atoms with Crippen molar-refractivity contribution in [1.82, 2.24) is 0 Å². The molecular weight excluding hydrogens is 350 g/mol. The summed E-state index contributed by atoms with van der Waals surface area (Å²) in [5.74, 6) is -0.0304. The second-order valence-electron chi connectivity index (χ2n) is 7.27. The number of carboxylic acid groups (broad SMARTS) is 1. The summed E-state index contributed by atoms with van der Waals surface area (Å²) in [5.41, 5.74) is 8.45. The lowest BCUT2D eigenvalue weighted by molar-refractivity contribution is 0.0697. The Labute approximate surface area is 163 Å². The standard InChI is InChI=1S/C24H21NO3/c1-12-11-20(14(3)21-13(2)15(4)28-23(12)21)19-10-9-18(22(19)25)16-5-7-17(8-6-16)24(26)27/h5-11,25H,1-4H3,(H,26,27). The van der Waals surface area contributed by atoms with Crippen molar-refractivity contribution in [3.05, 3.63) is 81.6 Å². The van der Waals surface area contributed by atoms with Gasteiger partial charge >= 0.3 is 5.97 Å². The van der Waals surface area contributed by atoms with E-state index >= 15 is 0 Å². The van der Waals surface area contributed by atoms with Gasteiger partial charge < -0.3 is 9.52 Å². The average Bonchev–Trinajstić information content (AvgIpc) is 3.19. The van der Waals surface area contributed by atoms with Crippen LogP contribution in [0.5, 0.6) is 0 Å². The Kier molecular flexibility index (Phi) is 4.07. The van der Waals surface area contributed by atoms with Gasteiger partial charge in [-0.15, -0.1) is 0 Å². The van der Waals surface area contributed by atoms with Gasteiger partial charge in [0.05, 0.1) is 11.3 Å². The lowest BCUT2D eigenvalue weighted by atomic mass is 9.90. The minimum atomic E-state index is -0.953. The van der Waals surface area contributed by atoms with Crippen LogP contribution in [0, 0.1) is 33.1 Å². The first-order valence-electron chi connectivity index (χ1n) is 9.15. The highest BCUT2D eigenvalue weighted by Crippen LogP contribution is 2.38. The van der Waals surface area contributed by atoms with Gasteiger partial charge in [0.25, 0.3) is 0 Å². The molecule has 4 heteroatoms. The first kappa shape index (κ1) is 18.0. The smallest absolute Gasteiger partial charge is 0.335 e. The van der Waals surface area contributed by atoms with Crippen molar-refractivity contribution in [3.8, 4) is 0 Å². The molecule has 1 aliphatic carbocycles. The van der Waals surface area contributed by atoms with E-state index in [0.29, 0.717) is 5.71 Å². The van der Waals surface area contributed by atoms with Crippen molar-refractivity contribution in [3.63, 3.8) is 0 Å². The third kappa shape index (κ3) is 2.61. The van der Waals surface area contributed by atoms with Crippen LogP contribution in [0.4, 0.5) is 0 Å². The minimum Gasteiger partial charge on any atom is -0.478 e. The summed E-state index contributed by atoms with van der Waals surface area (Å²) in [7, 11) is 0. The molecule has 3 aromatic rings. The number of hydrogen-bond acceptors (Lipinski definition) is 3. The molecule has 0 saturated heterocycles. The van der Waals surface area contributed by atoms with Crippen molar-refractivity contribution < 1.29 is 14.3 Å². The molecule has 0 bridgehead atoms. The molecule has 1 aliphatic rings. The van der Waals surface area contributed by atoms with Gasteiger partial charge in [-0.2, -0.15) is 0 Å². The molecule has 1 heterocycles. The normalized spacial score (nSPS) is 13.8. The topological polar surface area (TPSA) is 74.3 Å². The molecule has 0 saturated carbocycles. The second kappa shape index (κ2) is 6.34. The SMILES string of the molecule is Cc1oc2c(C)cc(C3=CC=C(c4ccc(C(=O)O)cc4)C3=N)c(C)c2c1C. The van der Waals surface area contributed by atoms with E-state index in [1.165, 1.54) is 0 Å². The molecule has 2 aromatic carbocycles. The zero-order chi connectivity index (χ0) is 20.2. The molecule has 0 radical (unpaired) electrons. The van der Waals surface area contributed by atoms with Crippen LogP contribution in [0.15, 0.2) is 46.9 Å². The van der Waals surface area contributed by atoms with E-state index in [0.717, 1.165) is 55.7 Å². The van der Waals surface area contributed by atoms with Gasteiger partial charge in [0, 0.05) is 16.5 Å². The fraction of sp³-hybridized carbons (Fsp3) is 0.167. The van der Waals surface area contributed by atoms with E-state index in [4.69, 9.17) is 14.9 Å². The number of allylic oxidation sites excluding steroid dienone is 4. The molecule has 4 rings (SSSR count). The third-order valence-electron chi connectivity index (χ3n) is 5.57. The fourth-order valence-electron chi connectivity index (χ4n) is 3.90. The lowest BCUT2D eigenvalue weighted by Crippen LogP contribution is -2.03. The van der Waals surface area contributed by atoms with Gasteiger partial charge in [-0.1, -0.05) is 24.3 Å². The van der Waals surface area contributed by atoms with E-state index < -0.39 is 5.97 Å². The van der Waals surface area contributed by atoms with E-state index in [-0.39, 0.29) is 5.56 Å². The molecule has 28 heavy (non-hydrogen) atoms. The summed E-state index contributed by atoms with van der Waals surface area (Å²) in [6.07, 6.45) is 3.90. The van der Waals surface area contributed by atoms with Gasteiger partial charge in [-0.25, -0.2) is 4.79 Å². The number of hydrogen-bond donors (Lipinski definition) is 2. The van der Waals surface area contributed by atoms with Crippen molar-refractivity contribution in [2.24, 2.45) is 0 Å². The van der Waals surface area contributed by atoms with Gasteiger partial charge in [0.15, 0.2) is 0 Å². The maximum Gasteiger partial charge on any atom is 0.335 e. The van der Waals surface area contributed by atoms with Crippen LogP contribution in [0.2, 0.25) is 0 Å². The lowest BCUT2D eigenvalue weighted by Gasteiger charge is -2.13. The van der Waals surface area contributed by atoms with Gasteiger partial charge in [-0.05, 0) is 73.7 Å². The Morgan fingerprint density at radius 1 is 0.964 bits per heavy atom. The van der Waals surface area contributed by atoms with Gasteiger partial charge in [0.2, 0.25) is 0 Å². The molecule has 140 valence electrons. The number of aromatic carboxylic acids is 1. The molecule has 0 aliphatic heterocycles. The zero-order valence-corrected chi connectivity index (χ0v) is 16.3. The molecule has 0 unspecified atom stereocenters. The van der Waals surface area contributed by atoms with Gasteiger partial charge in [-0.3, -0.25) is 5.41 Å². The Morgan fingerprint density at radius 3 is 2.25 bits per heavy atom. The predicted molar refractivity (Wildman–Crippen MR) is 112 cm³/mol. The Bertz CT molecular complexity index is 1220. The van der Waals surface area contributed by atoms with Crippen molar-refractivity contribution in [1.29, 1.82) is 5.41 Å². The van der Waals surface area contributed by atoms with E-state index in [9.17, 15) is 4.79 Å².